The maximum Gasteiger partial charge on any atom is 0.243 e. The number of carbonyl (C=O) groups excluding carboxylic acids is 1. The first-order chi connectivity index (χ1) is 16.2. The quantitative estimate of drug-likeness (QED) is 0.379. The molecule has 0 bridgehead atoms. The van der Waals surface area contributed by atoms with Crippen molar-refractivity contribution < 1.29 is 17.9 Å². The second kappa shape index (κ2) is 11.6. The Hall–Kier alpha value is -2.68. The van der Waals surface area contributed by atoms with E-state index >= 15 is 0 Å². The third-order valence-corrected chi connectivity index (χ3v) is 7.61. The largest absolute Gasteiger partial charge is 0.494 e. The number of aryl methyl sites for hydroxylation is 1. The van der Waals surface area contributed by atoms with E-state index in [1.54, 1.807) is 19.1 Å². The van der Waals surface area contributed by atoms with Crippen molar-refractivity contribution in [1.29, 1.82) is 0 Å². The third-order valence-electron chi connectivity index (χ3n) is 5.33. The van der Waals surface area contributed by atoms with Gasteiger partial charge < -0.3 is 10.1 Å². The average Bonchev–Trinajstić information content (AvgIpc) is 2.80. The first kappa shape index (κ1) is 25.9. The molecule has 6 nitrogen and oxygen atoms in total. The number of nitrogens with one attached hydrogen (secondary N) is 1. The Morgan fingerprint density at radius 1 is 1.06 bits per heavy atom. The predicted octanol–water partition coefficient (Wildman–Crippen LogP) is 5.22. The molecule has 0 aliphatic rings. The Morgan fingerprint density at radius 3 is 2.44 bits per heavy atom. The smallest absolute Gasteiger partial charge is 0.243 e. The number of nitrogens with zero attached hydrogens (tertiary/aromatic N) is 1. The molecule has 180 valence electrons. The van der Waals surface area contributed by atoms with Gasteiger partial charge in [-0.25, -0.2) is 8.42 Å². The Labute approximate surface area is 210 Å². The fraction of sp³-hybridized carbons (Fsp3) is 0.269. The molecular weight excluding hydrogens is 516 g/mol. The van der Waals surface area contributed by atoms with E-state index in [-0.39, 0.29) is 29.9 Å². The Kier molecular flexibility index (Phi) is 8.88. The molecule has 3 aromatic rings. The summed E-state index contributed by atoms with van der Waals surface area (Å²) in [5, 5.41) is 2.91. The fourth-order valence-corrected chi connectivity index (χ4v) is 5.46. The Balaban J connectivity index is 1.85. The molecule has 8 heteroatoms. The van der Waals surface area contributed by atoms with Gasteiger partial charge in [-0.15, -0.1) is 0 Å². The van der Waals surface area contributed by atoms with Crippen LogP contribution in [0.1, 0.15) is 36.6 Å². The van der Waals surface area contributed by atoms with Gasteiger partial charge in [-0.05, 0) is 67.8 Å². The molecular formula is C26H29BrN2O4S. The SMILES string of the molecule is CCOc1ccc(S(=O)(=O)N(CC(=O)NC(C)c2cccc(Br)c2)Cc2ccccc2)cc1C. The molecule has 0 radical (unpaired) electrons. The molecule has 0 aromatic heterocycles. The lowest BCUT2D eigenvalue weighted by molar-refractivity contribution is -0.122. The van der Waals surface area contributed by atoms with Gasteiger partial charge in [0.1, 0.15) is 5.75 Å². The van der Waals surface area contributed by atoms with E-state index in [1.165, 1.54) is 10.4 Å². The molecule has 1 atom stereocenters. The van der Waals surface area contributed by atoms with Gasteiger partial charge in [0.05, 0.1) is 24.1 Å². The second-order valence-corrected chi connectivity index (χ2v) is 10.8. The van der Waals surface area contributed by atoms with E-state index in [2.05, 4.69) is 21.2 Å². The molecule has 1 unspecified atom stereocenters. The number of hydrogen-bond donors (Lipinski definition) is 1. The summed E-state index contributed by atoms with van der Waals surface area (Å²) in [7, 11) is -3.95. The number of carbonyl (C=O) groups is 1. The van der Waals surface area contributed by atoms with Crippen molar-refractivity contribution in [3.05, 3.63) is 94.0 Å². The summed E-state index contributed by atoms with van der Waals surface area (Å²) in [6.45, 7) is 5.81. The maximum atomic E-state index is 13.6. The number of hydrogen-bond acceptors (Lipinski definition) is 4. The third kappa shape index (κ3) is 6.68. The Morgan fingerprint density at radius 2 is 1.79 bits per heavy atom. The van der Waals surface area contributed by atoms with Crippen LogP contribution in [0.15, 0.2) is 82.2 Å². The van der Waals surface area contributed by atoms with E-state index in [4.69, 9.17) is 4.74 Å². The van der Waals surface area contributed by atoms with Crippen LogP contribution in [0, 0.1) is 6.92 Å². The van der Waals surface area contributed by atoms with Crippen LogP contribution in [-0.2, 0) is 21.4 Å². The molecule has 0 aliphatic heterocycles. The van der Waals surface area contributed by atoms with E-state index in [0.717, 1.165) is 21.2 Å². The number of benzene rings is 3. The number of sulfonamides is 1. The normalized spacial score (nSPS) is 12.4. The zero-order valence-corrected chi connectivity index (χ0v) is 21.9. The lowest BCUT2D eigenvalue weighted by Gasteiger charge is -2.24. The number of halogens is 1. The maximum absolute atomic E-state index is 13.6. The van der Waals surface area contributed by atoms with Gasteiger partial charge in [0, 0.05) is 11.0 Å². The summed E-state index contributed by atoms with van der Waals surface area (Å²) in [5.74, 6) is 0.256. The minimum absolute atomic E-state index is 0.0775. The summed E-state index contributed by atoms with van der Waals surface area (Å²) in [6.07, 6.45) is 0. The fourth-order valence-electron chi connectivity index (χ4n) is 3.57. The van der Waals surface area contributed by atoms with Gasteiger partial charge in [-0.3, -0.25) is 4.79 Å². The van der Waals surface area contributed by atoms with Crippen LogP contribution in [0.2, 0.25) is 0 Å². The van der Waals surface area contributed by atoms with Crippen molar-refractivity contribution in [3.63, 3.8) is 0 Å². The molecule has 0 aliphatic carbocycles. The molecule has 0 saturated heterocycles. The van der Waals surface area contributed by atoms with Gasteiger partial charge in [0.2, 0.25) is 15.9 Å². The molecule has 0 fully saturated rings. The van der Waals surface area contributed by atoms with Crippen LogP contribution in [0.25, 0.3) is 0 Å². The number of rotatable bonds is 10. The van der Waals surface area contributed by atoms with Crippen molar-refractivity contribution in [2.24, 2.45) is 0 Å². The van der Waals surface area contributed by atoms with Crippen LogP contribution in [0.4, 0.5) is 0 Å². The predicted molar refractivity (Wildman–Crippen MR) is 137 cm³/mol. The molecule has 0 heterocycles. The first-order valence-corrected chi connectivity index (χ1v) is 13.3. The van der Waals surface area contributed by atoms with E-state index in [1.807, 2.05) is 68.4 Å². The van der Waals surface area contributed by atoms with Crippen LogP contribution in [0.5, 0.6) is 5.75 Å². The van der Waals surface area contributed by atoms with Gasteiger partial charge in [-0.2, -0.15) is 4.31 Å². The van der Waals surface area contributed by atoms with Crippen LogP contribution in [0.3, 0.4) is 0 Å². The summed E-state index contributed by atoms with van der Waals surface area (Å²) in [4.78, 5) is 13.1. The van der Waals surface area contributed by atoms with E-state index < -0.39 is 10.0 Å². The van der Waals surface area contributed by atoms with Crippen LogP contribution >= 0.6 is 15.9 Å². The van der Waals surface area contributed by atoms with Crippen molar-refractivity contribution in [2.75, 3.05) is 13.2 Å². The van der Waals surface area contributed by atoms with Crippen molar-refractivity contribution in [2.45, 2.75) is 38.3 Å². The highest BCUT2D eigenvalue weighted by Gasteiger charge is 2.28. The summed E-state index contributed by atoms with van der Waals surface area (Å²) >= 11 is 3.44. The first-order valence-electron chi connectivity index (χ1n) is 11.0. The summed E-state index contributed by atoms with van der Waals surface area (Å²) in [6, 6.07) is 21.4. The highest BCUT2D eigenvalue weighted by atomic mass is 79.9. The van der Waals surface area contributed by atoms with Gasteiger partial charge >= 0.3 is 0 Å². The van der Waals surface area contributed by atoms with Crippen LogP contribution in [-0.4, -0.2) is 31.8 Å². The van der Waals surface area contributed by atoms with Gasteiger partial charge in [0.25, 0.3) is 0 Å². The molecule has 34 heavy (non-hydrogen) atoms. The summed E-state index contributed by atoms with van der Waals surface area (Å²) in [5.41, 5.74) is 2.43. The molecule has 0 saturated carbocycles. The minimum Gasteiger partial charge on any atom is -0.494 e. The van der Waals surface area contributed by atoms with Crippen molar-refractivity contribution in [1.82, 2.24) is 9.62 Å². The highest BCUT2D eigenvalue weighted by Crippen LogP contribution is 2.25. The molecule has 3 aromatic carbocycles. The number of amides is 1. The lowest BCUT2D eigenvalue weighted by atomic mass is 10.1. The van der Waals surface area contributed by atoms with E-state index in [9.17, 15) is 13.2 Å². The van der Waals surface area contributed by atoms with Gasteiger partial charge in [0.15, 0.2) is 0 Å². The molecule has 0 spiro atoms. The second-order valence-electron chi connectivity index (χ2n) is 7.96. The molecule has 1 amide bonds. The molecule has 1 N–H and O–H groups in total. The van der Waals surface area contributed by atoms with Crippen LogP contribution < -0.4 is 10.1 Å². The topological polar surface area (TPSA) is 75.7 Å². The Bertz CT molecular complexity index is 1230. The summed E-state index contributed by atoms with van der Waals surface area (Å²) < 4.78 is 34.8. The van der Waals surface area contributed by atoms with Crippen molar-refractivity contribution in [3.8, 4) is 5.75 Å². The zero-order valence-electron chi connectivity index (χ0n) is 19.5. The molecule has 3 rings (SSSR count). The standard InChI is InChI=1S/C26H29BrN2O4S/c1-4-33-25-14-13-24(15-19(25)2)34(31,32)29(17-21-9-6-5-7-10-21)18-26(30)28-20(3)22-11-8-12-23(27)16-22/h5-16,20H,4,17-18H2,1-3H3,(H,28,30). The van der Waals surface area contributed by atoms with Crippen molar-refractivity contribution >= 4 is 31.9 Å². The zero-order chi connectivity index (χ0) is 24.7. The minimum atomic E-state index is -3.95. The number of ether oxygens (including phenoxy) is 1. The highest BCUT2D eigenvalue weighted by molar-refractivity contribution is 9.10. The lowest BCUT2D eigenvalue weighted by Crippen LogP contribution is -2.41. The van der Waals surface area contributed by atoms with Gasteiger partial charge in [-0.1, -0.05) is 58.4 Å². The average molecular weight is 545 g/mol. The van der Waals surface area contributed by atoms with E-state index in [0.29, 0.717) is 12.4 Å². The monoisotopic (exact) mass is 544 g/mol.